The van der Waals surface area contributed by atoms with E-state index in [0.29, 0.717) is 10.4 Å². The van der Waals surface area contributed by atoms with Gasteiger partial charge in [0.25, 0.3) is 0 Å². The Balaban J connectivity index is 1.77. The molecule has 110 valence electrons. The predicted octanol–water partition coefficient (Wildman–Crippen LogP) is 4.84. The van der Waals surface area contributed by atoms with Gasteiger partial charge in [-0.05, 0) is 31.0 Å². The maximum absolute atomic E-state index is 11.1. The lowest BCUT2D eigenvalue weighted by molar-refractivity contribution is -0.109. The third kappa shape index (κ3) is 3.35. The smallest absolute Gasteiger partial charge is 0.186 e. The lowest BCUT2D eigenvalue weighted by atomic mass is 9.95. The number of ether oxygens (including phenoxy) is 1. The zero-order valence-corrected chi connectivity index (χ0v) is 14.5. The number of halogens is 2. The van der Waals surface area contributed by atoms with Crippen LogP contribution in [0.5, 0.6) is 5.75 Å². The van der Waals surface area contributed by atoms with Crippen LogP contribution in [0.4, 0.5) is 0 Å². The number of pyridine rings is 1. The quantitative estimate of drug-likeness (QED) is 0.708. The van der Waals surface area contributed by atoms with E-state index in [4.69, 9.17) is 16.3 Å². The molecule has 1 aliphatic rings. The van der Waals surface area contributed by atoms with Crippen molar-refractivity contribution in [2.45, 2.75) is 31.1 Å². The van der Waals surface area contributed by atoms with E-state index in [1.165, 1.54) is 11.8 Å². The van der Waals surface area contributed by atoms with Gasteiger partial charge in [0, 0.05) is 33.6 Å². The Labute approximate surface area is 140 Å². The van der Waals surface area contributed by atoms with Crippen LogP contribution in [0.3, 0.4) is 0 Å². The van der Waals surface area contributed by atoms with Crippen LogP contribution < -0.4 is 4.74 Å². The SMILES string of the molecule is CC(=O)SC1CC(Oc2ccc(Br)c3cc(Cl)ncc23)C1. The predicted molar refractivity (Wildman–Crippen MR) is 90.2 cm³/mol. The van der Waals surface area contributed by atoms with Gasteiger partial charge in [0.05, 0.1) is 0 Å². The van der Waals surface area contributed by atoms with Crippen LogP contribution in [0.15, 0.2) is 28.9 Å². The third-order valence-corrected chi connectivity index (χ3v) is 5.40. The molecule has 1 aliphatic carbocycles. The maximum Gasteiger partial charge on any atom is 0.186 e. The van der Waals surface area contributed by atoms with E-state index in [0.717, 1.165) is 33.8 Å². The van der Waals surface area contributed by atoms with E-state index in [9.17, 15) is 4.79 Å². The molecule has 0 saturated heterocycles. The summed E-state index contributed by atoms with van der Waals surface area (Å²) in [5, 5.41) is 2.95. The number of hydrogen-bond acceptors (Lipinski definition) is 4. The Morgan fingerprint density at radius 3 is 2.90 bits per heavy atom. The molecule has 1 aromatic carbocycles. The van der Waals surface area contributed by atoms with Gasteiger partial charge in [-0.3, -0.25) is 4.79 Å². The third-order valence-electron chi connectivity index (χ3n) is 3.45. The van der Waals surface area contributed by atoms with Gasteiger partial charge in [-0.2, -0.15) is 0 Å². The molecule has 0 bridgehead atoms. The molecule has 0 spiro atoms. The lowest BCUT2D eigenvalue weighted by Crippen LogP contribution is -2.36. The van der Waals surface area contributed by atoms with Gasteiger partial charge in [-0.1, -0.05) is 39.3 Å². The highest BCUT2D eigenvalue weighted by Gasteiger charge is 2.32. The van der Waals surface area contributed by atoms with Crippen molar-refractivity contribution in [1.82, 2.24) is 4.98 Å². The normalized spacial score (nSPS) is 21.1. The summed E-state index contributed by atoms with van der Waals surface area (Å²) in [5.74, 6) is 0.814. The molecule has 1 saturated carbocycles. The Morgan fingerprint density at radius 1 is 1.43 bits per heavy atom. The zero-order chi connectivity index (χ0) is 15.0. The van der Waals surface area contributed by atoms with E-state index in [2.05, 4.69) is 20.9 Å². The molecule has 0 N–H and O–H groups in total. The molecule has 0 unspecified atom stereocenters. The molecule has 2 aromatic rings. The lowest BCUT2D eigenvalue weighted by Gasteiger charge is -2.34. The van der Waals surface area contributed by atoms with Crippen LogP contribution in [0.25, 0.3) is 10.8 Å². The number of aromatic nitrogens is 1. The number of thioether (sulfide) groups is 1. The van der Waals surface area contributed by atoms with Crippen molar-refractivity contribution in [3.63, 3.8) is 0 Å². The van der Waals surface area contributed by atoms with Crippen molar-refractivity contribution in [1.29, 1.82) is 0 Å². The van der Waals surface area contributed by atoms with Gasteiger partial charge in [0.2, 0.25) is 0 Å². The Bertz CT molecular complexity index is 703. The fourth-order valence-corrected chi connectivity index (χ4v) is 4.09. The highest BCUT2D eigenvalue weighted by atomic mass is 79.9. The molecule has 6 heteroatoms. The molecular weight excluding hydrogens is 374 g/mol. The largest absolute Gasteiger partial charge is 0.490 e. The van der Waals surface area contributed by atoms with Gasteiger partial charge in [0.1, 0.15) is 17.0 Å². The minimum atomic E-state index is 0.168. The van der Waals surface area contributed by atoms with E-state index in [1.54, 1.807) is 13.1 Å². The second-order valence-electron chi connectivity index (χ2n) is 5.04. The Kier molecular flexibility index (Phi) is 4.43. The van der Waals surface area contributed by atoms with Crippen molar-refractivity contribution >= 4 is 55.2 Å². The molecule has 1 fully saturated rings. The van der Waals surface area contributed by atoms with E-state index in [-0.39, 0.29) is 11.2 Å². The molecule has 0 amide bonds. The highest BCUT2D eigenvalue weighted by molar-refractivity contribution is 9.10. The average molecular weight is 387 g/mol. The van der Waals surface area contributed by atoms with Gasteiger partial charge >= 0.3 is 0 Å². The minimum absolute atomic E-state index is 0.168. The average Bonchev–Trinajstić information content (AvgIpc) is 2.39. The fraction of sp³-hybridized carbons (Fsp3) is 0.333. The van der Waals surface area contributed by atoms with E-state index < -0.39 is 0 Å². The summed E-state index contributed by atoms with van der Waals surface area (Å²) in [6.45, 7) is 1.61. The van der Waals surface area contributed by atoms with Crippen molar-refractivity contribution in [2.75, 3.05) is 0 Å². The van der Waals surface area contributed by atoms with Gasteiger partial charge in [-0.15, -0.1) is 0 Å². The number of rotatable bonds is 3. The summed E-state index contributed by atoms with van der Waals surface area (Å²) in [5.41, 5.74) is 0. The van der Waals surface area contributed by atoms with Crippen LogP contribution in [-0.4, -0.2) is 21.5 Å². The zero-order valence-electron chi connectivity index (χ0n) is 11.3. The summed E-state index contributed by atoms with van der Waals surface area (Å²) in [7, 11) is 0. The van der Waals surface area contributed by atoms with Gasteiger partial charge in [-0.25, -0.2) is 4.98 Å². The molecule has 1 heterocycles. The Morgan fingerprint density at radius 2 is 2.19 bits per heavy atom. The molecule has 0 radical (unpaired) electrons. The van der Waals surface area contributed by atoms with E-state index >= 15 is 0 Å². The second kappa shape index (κ2) is 6.15. The molecule has 21 heavy (non-hydrogen) atoms. The maximum atomic E-state index is 11.1. The molecule has 0 atom stereocenters. The molecular formula is C15H13BrClNO2S. The number of carbonyl (C=O) groups is 1. The second-order valence-corrected chi connectivity index (χ2v) is 7.76. The van der Waals surface area contributed by atoms with Crippen molar-refractivity contribution in [3.05, 3.63) is 34.0 Å². The van der Waals surface area contributed by atoms with Gasteiger partial charge < -0.3 is 4.74 Å². The molecule has 0 aliphatic heterocycles. The summed E-state index contributed by atoms with van der Waals surface area (Å²) in [4.78, 5) is 15.2. The van der Waals surface area contributed by atoms with Crippen molar-refractivity contribution in [2.24, 2.45) is 0 Å². The number of benzene rings is 1. The fourth-order valence-electron chi connectivity index (χ4n) is 2.38. The number of carbonyl (C=O) groups excluding carboxylic acids is 1. The number of nitrogens with zero attached hydrogens (tertiary/aromatic N) is 1. The first-order valence-electron chi connectivity index (χ1n) is 6.60. The van der Waals surface area contributed by atoms with Crippen LogP contribution in [0, 0.1) is 0 Å². The molecule has 3 rings (SSSR count). The number of fused-ring (bicyclic) bond motifs is 1. The molecule has 1 aromatic heterocycles. The summed E-state index contributed by atoms with van der Waals surface area (Å²) in [6.07, 6.45) is 3.71. The van der Waals surface area contributed by atoms with Crippen LogP contribution in [0.2, 0.25) is 5.15 Å². The minimum Gasteiger partial charge on any atom is -0.490 e. The van der Waals surface area contributed by atoms with Crippen molar-refractivity contribution in [3.8, 4) is 5.75 Å². The van der Waals surface area contributed by atoms with Crippen LogP contribution in [0.1, 0.15) is 19.8 Å². The summed E-state index contributed by atoms with van der Waals surface area (Å²) in [6, 6.07) is 5.71. The summed E-state index contributed by atoms with van der Waals surface area (Å²) < 4.78 is 7.01. The Hall–Kier alpha value is -0.780. The van der Waals surface area contributed by atoms with Crippen LogP contribution >= 0.6 is 39.3 Å². The van der Waals surface area contributed by atoms with E-state index in [1.807, 2.05) is 18.2 Å². The monoisotopic (exact) mass is 385 g/mol. The topological polar surface area (TPSA) is 39.2 Å². The van der Waals surface area contributed by atoms with Gasteiger partial charge in [0.15, 0.2) is 5.12 Å². The van der Waals surface area contributed by atoms with Crippen LogP contribution in [-0.2, 0) is 4.79 Å². The first-order valence-corrected chi connectivity index (χ1v) is 8.65. The highest BCUT2D eigenvalue weighted by Crippen LogP contribution is 2.38. The summed E-state index contributed by atoms with van der Waals surface area (Å²) >= 11 is 10.9. The molecule has 3 nitrogen and oxygen atoms in total. The van der Waals surface area contributed by atoms with Crippen molar-refractivity contribution < 1.29 is 9.53 Å². The first kappa shape index (κ1) is 15.1. The number of hydrogen-bond donors (Lipinski definition) is 0. The standard InChI is InChI=1S/C15H13BrClNO2S/c1-8(19)21-10-4-9(5-10)20-14-3-2-13(16)11-6-15(17)18-7-12(11)14/h2-3,6-7,9-10H,4-5H2,1H3. The first-order chi connectivity index (χ1) is 10.0.